The number of allylic oxidation sites excluding steroid dienone is 4. The van der Waals surface area contributed by atoms with Crippen LogP contribution in [0.3, 0.4) is 0 Å². The summed E-state index contributed by atoms with van der Waals surface area (Å²) in [4.78, 5) is 31.1. The van der Waals surface area contributed by atoms with Crippen molar-refractivity contribution in [3.05, 3.63) is 42.0 Å². The van der Waals surface area contributed by atoms with Crippen LogP contribution in [0.1, 0.15) is 144 Å². The monoisotopic (exact) mass is 644 g/mol. The van der Waals surface area contributed by atoms with Crippen LogP contribution >= 0.6 is 0 Å². The molecule has 0 aliphatic rings. The standard InChI is InChI=1S/C39H69N3O4/c1-34(2)19-11-12-21-36(5)31-38(43)45-29-15-9-7-13-24-41(26-18-27-42-28-23-40-33-42)25-14-8-10-16-30-46-39(44)32-37(6)22-17-20-35(3)4/h19-20,23,28,33,36-37H,7-18,21-22,24-27,29-32H2,1-6H3. The van der Waals surface area contributed by atoms with Crippen molar-refractivity contribution in [2.45, 2.75) is 151 Å². The number of aromatic nitrogens is 2. The van der Waals surface area contributed by atoms with E-state index < -0.39 is 0 Å². The predicted molar refractivity (Wildman–Crippen MR) is 192 cm³/mol. The molecule has 2 unspecified atom stereocenters. The van der Waals surface area contributed by atoms with Gasteiger partial charge in [-0.05, 0) is 123 Å². The highest BCUT2D eigenvalue weighted by Crippen LogP contribution is 2.15. The largest absolute Gasteiger partial charge is 0.466 e. The number of hydrogen-bond donors (Lipinski definition) is 0. The minimum Gasteiger partial charge on any atom is -0.466 e. The molecular formula is C39H69N3O4. The van der Waals surface area contributed by atoms with Crippen molar-refractivity contribution in [1.29, 1.82) is 0 Å². The highest BCUT2D eigenvalue weighted by atomic mass is 16.5. The van der Waals surface area contributed by atoms with E-state index in [0.717, 1.165) is 103 Å². The molecule has 0 amide bonds. The molecule has 1 aromatic rings. The van der Waals surface area contributed by atoms with Gasteiger partial charge in [0.25, 0.3) is 0 Å². The first-order chi connectivity index (χ1) is 22.2. The Labute approximate surface area is 282 Å². The van der Waals surface area contributed by atoms with Gasteiger partial charge in [-0.1, -0.05) is 62.8 Å². The summed E-state index contributed by atoms with van der Waals surface area (Å²) in [7, 11) is 0. The quantitative estimate of drug-likeness (QED) is 0.0492. The Kier molecular flexibility index (Phi) is 25.0. The number of carbonyl (C=O) groups excluding carboxylic acids is 2. The average molecular weight is 644 g/mol. The second-order valence-electron chi connectivity index (χ2n) is 14.0. The van der Waals surface area contributed by atoms with Crippen molar-refractivity contribution in [1.82, 2.24) is 14.5 Å². The van der Waals surface area contributed by atoms with Crippen LogP contribution < -0.4 is 0 Å². The Bertz CT molecular complexity index is 948. The third-order valence-corrected chi connectivity index (χ3v) is 8.41. The van der Waals surface area contributed by atoms with Crippen LogP contribution in [0, 0.1) is 11.8 Å². The second-order valence-corrected chi connectivity index (χ2v) is 14.0. The third-order valence-electron chi connectivity index (χ3n) is 8.41. The zero-order chi connectivity index (χ0) is 33.8. The van der Waals surface area contributed by atoms with Gasteiger partial charge in [0.1, 0.15) is 0 Å². The Morgan fingerprint density at radius 2 is 1.22 bits per heavy atom. The van der Waals surface area contributed by atoms with Crippen molar-refractivity contribution in [3.63, 3.8) is 0 Å². The molecule has 7 nitrogen and oxygen atoms in total. The zero-order valence-corrected chi connectivity index (χ0v) is 30.6. The third kappa shape index (κ3) is 25.7. The van der Waals surface area contributed by atoms with Crippen molar-refractivity contribution in [2.75, 3.05) is 32.8 Å². The van der Waals surface area contributed by atoms with Gasteiger partial charge in [-0.3, -0.25) is 9.59 Å². The fourth-order valence-electron chi connectivity index (χ4n) is 5.59. The Hall–Kier alpha value is -2.41. The van der Waals surface area contributed by atoms with Gasteiger partial charge in [0.2, 0.25) is 0 Å². The van der Waals surface area contributed by atoms with E-state index in [-0.39, 0.29) is 11.9 Å². The van der Waals surface area contributed by atoms with Crippen molar-refractivity contribution in [3.8, 4) is 0 Å². The van der Waals surface area contributed by atoms with E-state index in [0.29, 0.717) is 37.9 Å². The molecule has 2 atom stereocenters. The lowest BCUT2D eigenvalue weighted by Crippen LogP contribution is -2.28. The average Bonchev–Trinajstić information content (AvgIpc) is 3.51. The number of esters is 2. The lowest BCUT2D eigenvalue weighted by molar-refractivity contribution is -0.145. The molecule has 46 heavy (non-hydrogen) atoms. The molecule has 0 aliphatic heterocycles. The molecule has 0 aromatic carbocycles. The number of nitrogens with zero attached hydrogens (tertiary/aromatic N) is 3. The van der Waals surface area contributed by atoms with Gasteiger partial charge in [-0.15, -0.1) is 0 Å². The fraction of sp³-hybridized carbons (Fsp3) is 0.769. The summed E-state index contributed by atoms with van der Waals surface area (Å²) in [5.41, 5.74) is 2.70. The number of ether oxygens (including phenoxy) is 2. The van der Waals surface area contributed by atoms with Gasteiger partial charge in [0.05, 0.1) is 19.5 Å². The maximum Gasteiger partial charge on any atom is 0.306 e. The van der Waals surface area contributed by atoms with Crippen LogP contribution in [0.25, 0.3) is 0 Å². The van der Waals surface area contributed by atoms with Crippen LogP contribution in [0.15, 0.2) is 42.0 Å². The van der Waals surface area contributed by atoms with E-state index in [1.807, 2.05) is 18.7 Å². The predicted octanol–water partition coefficient (Wildman–Crippen LogP) is 9.72. The van der Waals surface area contributed by atoms with Crippen molar-refractivity contribution < 1.29 is 19.1 Å². The molecule has 0 spiro atoms. The zero-order valence-electron chi connectivity index (χ0n) is 30.6. The maximum absolute atomic E-state index is 12.2. The molecule has 0 radical (unpaired) electrons. The fourth-order valence-corrected chi connectivity index (χ4v) is 5.59. The van der Waals surface area contributed by atoms with E-state index in [1.165, 1.54) is 24.0 Å². The normalized spacial score (nSPS) is 12.5. The van der Waals surface area contributed by atoms with Crippen LogP contribution in [0.4, 0.5) is 0 Å². The minimum atomic E-state index is -0.0530. The van der Waals surface area contributed by atoms with Crippen LogP contribution in [0.2, 0.25) is 0 Å². The molecule has 7 heteroatoms. The molecule has 264 valence electrons. The molecule has 0 bridgehead atoms. The topological polar surface area (TPSA) is 73.7 Å². The van der Waals surface area contributed by atoms with Crippen LogP contribution in [0.5, 0.6) is 0 Å². The summed E-state index contributed by atoms with van der Waals surface area (Å²) in [6, 6.07) is 0. The number of hydrogen-bond acceptors (Lipinski definition) is 6. The van der Waals surface area contributed by atoms with Crippen molar-refractivity contribution in [2.24, 2.45) is 11.8 Å². The Balaban J connectivity index is 2.19. The summed E-state index contributed by atoms with van der Waals surface area (Å²) in [5, 5.41) is 0. The number of carbonyl (C=O) groups is 2. The number of aryl methyl sites for hydroxylation is 1. The smallest absolute Gasteiger partial charge is 0.306 e. The van der Waals surface area contributed by atoms with Gasteiger partial charge < -0.3 is 18.9 Å². The van der Waals surface area contributed by atoms with E-state index in [1.54, 1.807) is 0 Å². The molecule has 0 saturated heterocycles. The summed E-state index contributed by atoms with van der Waals surface area (Å²) < 4.78 is 13.2. The van der Waals surface area contributed by atoms with Gasteiger partial charge in [-0.25, -0.2) is 4.98 Å². The van der Waals surface area contributed by atoms with Gasteiger partial charge in [-0.2, -0.15) is 0 Å². The second kappa shape index (κ2) is 27.7. The lowest BCUT2D eigenvalue weighted by Gasteiger charge is -2.22. The Morgan fingerprint density at radius 3 is 1.76 bits per heavy atom. The molecule has 0 N–H and O–H groups in total. The molecule has 1 rings (SSSR count). The number of imidazole rings is 1. The molecule has 1 aromatic heterocycles. The summed E-state index contributed by atoms with van der Waals surface area (Å²) in [6.45, 7) is 18.2. The minimum absolute atomic E-state index is 0.0442. The number of rotatable bonds is 29. The first-order valence-electron chi connectivity index (χ1n) is 18.4. The molecular weight excluding hydrogens is 574 g/mol. The van der Waals surface area contributed by atoms with E-state index >= 15 is 0 Å². The Morgan fingerprint density at radius 1 is 0.696 bits per heavy atom. The first-order valence-corrected chi connectivity index (χ1v) is 18.4. The van der Waals surface area contributed by atoms with Crippen LogP contribution in [-0.4, -0.2) is 59.2 Å². The van der Waals surface area contributed by atoms with Gasteiger partial charge in [0, 0.05) is 31.8 Å². The molecule has 0 aliphatic carbocycles. The SMILES string of the molecule is CC(C)=CCCCC(C)CC(=O)OCCCCCCN(CCCCCCOC(=O)CC(C)CCC=C(C)C)CCCn1ccnc1. The van der Waals surface area contributed by atoms with Crippen LogP contribution in [-0.2, 0) is 25.6 Å². The van der Waals surface area contributed by atoms with E-state index in [4.69, 9.17) is 9.47 Å². The highest BCUT2D eigenvalue weighted by Gasteiger charge is 2.11. The highest BCUT2D eigenvalue weighted by molar-refractivity contribution is 5.69. The molecule has 1 heterocycles. The maximum atomic E-state index is 12.2. The van der Waals surface area contributed by atoms with Gasteiger partial charge in [0.15, 0.2) is 0 Å². The summed E-state index contributed by atoms with van der Waals surface area (Å²) in [6.07, 6.45) is 26.6. The summed E-state index contributed by atoms with van der Waals surface area (Å²) in [5.74, 6) is 0.656. The van der Waals surface area contributed by atoms with Crippen molar-refractivity contribution >= 4 is 11.9 Å². The van der Waals surface area contributed by atoms with E-state index in [9.17, 15) is 9.59 Å². The lowest BCUT2D eigenvalue weighted by atomic mass is 10.0. The first kappa shape index (κ1) is 41.6. The summed E-state index contributed by atoms with van der Waals surface area (Å²) >= 11 is 0. The van der Waals surface area contributed by atoms with E-state index in [2.05, 4.69) is 68.1 Å². The molecule has 0 fully saturated rings. The number of unbranched alkanes of at least 4 members (excludes halogenated alkanes) is 7. The molecule has 0 saturated carbocycles. The van der Waals surface area contributed by atoms with Gasteiger partial charge >= 0.3 is 11.9 Å².